The van der Waals surface area contributed by atoms with Gasteiger partial charge in [0.2, 0.25) is 11.8 Å². The molecule has 2 amide bonds. The van der Waals surface area contributed by atoms with E-state index in [1.54, 1.807) is 0 Å². The van der Waals surface area contributed by atoms with Crippen LogP contribution in [0.5, 0.6) is 0 Å². The van der Waals surface area contributed by atoms with Gasteiger partial charge in [0.1, 0.15) is 11.6 Å². The highest BCUT2D eigenvalue weighted by atomic mass is 16.5. The molecule has 0 aromatic heterocycles. The van der Waals surface area contributed by atoms with E-state index in [1.165, 1.54) is 13.8 Å². The number of ketones is 2. The fraction of sp³-hybridized carbons (Fsp3) is 0.778. The number of amides is 2. The summed E-state index contributed by atoms with van der Waals surface area (Å²) in [7, 11) is 0. The lowest BCUT2D eigenvalue weighted by atomic mass is 10.3. The zero-order chi connectivity index (χ0) is 20.3. The predicted molar refractivity (Wildman–Crippen MR) is 98.3 cm³/mol. The minimum absolute atomic E-state index is 0.0721. The van der Waals surface area contributed by atoms with Gasteiger partial charge in [-0.15, -0.1) is 0 Å². The van der Waals surface area contributed by atoms with Crippen molar-refractivity contribution in [3.05, 3.63) is 0 Å². The van der Waals surface area contributed by atoms with Gasteiger partial charge in [-0.2, -0.15) is 0 Å². The second-order valence-corrected chi connectivity index (χ2v) is 5.94. The van der Waals surface area contributed by atoms with Crippen LogP contribution in [0.25, 0.3) is 0 Å². The zero-order valence-corrected chi connectivity index (χ0v) is 16.3. The number of rotatable bonds is 18. The summed E-state index contributed by atoms with van der Waals surface area (Å²) >= 11 is 0. The van der Waals surface area contributed by atoms with Crippen LogP contribution in [0.3, 0.4) is 0 Å². The second-order valence-electron chi connectivity index (χ2n) is 5.94. The van der Waals surface area contributed by atoms with E-state index < -0.39 is 0 Å². The van der Waals surface area contributed by atoms with Gasteiger partial charge in [-0.05, 0) is 13.8 Å². The lowest BCUT2D eigenvalue weighted by Gasteiger charge is -2.08. The van der Waals surface area contributed by atoms with E-state index in [0.29, 0.717) is 52.4 Å². The molecule has 2 N–H and O–H groups in total. The van der Waals surface area contributed by atoms with Crippen molar-refractivity contribution in [1.82, 2.24) is 10.6 Å². The first-order chi connectivity index (χ1) is 12.9. The Morgan fingerprint density at radius 3 is 1.26 bits per heavy atom. The zero-order valence-electron chi connectivity index (χ0n) is 16.3. The quantitative estimate of drug-likeness (QED) is 0.317. The van der Waals surface area contributed by atoms with Crippen molar-refractivity contribution in [2.75, 3.05) is 52.7 Å². The standard InChI is InChI=1S/C18H32N2O7/c1-15(21)3-9-26-13-7-19-17(23)5-11-25-12-6-18(24)20-8-14-27-10-4-16(2)22/h3-14H2,1-2H3,(H,19,23)(H,20,24). The molecule has 156 valence electrons. The van der Waals surface area contributed by atoms with E-state index in [4.69, 9.17) is 14.2 Å². The molecule has 0 saturated carbocycles. The highest BCUT2D eigenvalue weighted by molar-refractivity contribution is 5.76. The molecule has 0 unspecified atom stereocenters. The third-order valence-corrected chi connectivity index (χ3v) is 3.28. The van der Waals surface area contributed by atoms with E-state index in [-0.39, 0.29) is 49.4 Å². The molecule has 0 aromatic rings. The molecular formula is C18H32N2O7. The van der Waals surface area contributed by atoms with Gasteiger partial charge < -0.3 is 24.8 Å². The Bertz CT molecular complexity index is 415. The first-order valence-corrected chi connectivity index (χ1v) is 9.17. The van der Waals surface area contributed by atoms with Gasteiger partial charge in [0.25, 0.3) is 0 Å². The van der Waals surface area contributed by atoms with Gasteiger partial charge in [-0.3, -0.25) is 19.2 Å². The van der Waals surface area contributed by atoms with Crippen molar-refractivity contribution < 1.29 is 33.4 Å². The van der Waals surface area contributed by atoms with Crippen molar-refractivity contribution in [2.24, 2.45) is 0 Å². The van der Waals surface area contributed by atoms with Crippen LogP contribution in [-0.2, 0) is 33.4 Å². The van der Waals surface area contributed by atoms with Crippen LogP contribution in [0, 0.1) is 0 Å². The van der Waals surface area contributed by atoms with E-state index in [1.807, 2.05) is 0 Å². The molecule has 9 nitrogen and oxygen atoms in total. The third kappa shape index (κ3) is 20.3. The summed E-state index contributed by atoms with van der Waals surface area (Å²) in [5.41, 5.74) is 0. The number of ether oxygens (including phenoxy) is 3. The predicted octanol–water partition coefficient (Wildman–Crippen LogP) is 0.00700. The summed E-state index contributed by atoms with van der Waals surface area (Å²) in [6, 6.07) is 0. The van der Waals surface area contributed by atoms with Gasteiger partial charge in [-0.1, -0.05) is 0 Å². The number of carbonyl (C=O) groups excluding carboxylic acids is 4. The lowest BCUT2D eigenvalue weighted by Crippen LogP contribution is -2.29. The highest BCUT2D eigenvalue weighted by Crippen LogP contribution is 1.89. The molecule has 0 aliphatic carbocycles. The highest BCUT2D eigenvalue weighted by Gasteiger charge is 2.03. The molecular weight excluding hydrogens is 356 g/mol. The van der Waals surface area contributed by atoms with Gasteiger partial charge in [-0.25, -0.2) is 0 Å². The number of hydrogen-bond donors (Lipinski definition) is 2. The summed E-state index contributed by atoms with van der Waals surface area (Å²) in [6.07, 6.45) is 1.17. The van der Waals surface area contributed by atoms with Gasteiger partial charge in [0.05, 0.1) is 39.6 Å². The maximum atomic E-state index is 11.5. The molecule has 0 fully saturated rings. The normalized spacial score (nSPS) is 10.4. The van der Waals surface area contributed by atoms with Crippen LogP contribution in [-0.4, -0.2) is 76.1 Å². The van der Waals surface area contributed by atoms with Gasteiger partial charge in [0, 0.05) is 38.8 Å². The Balaban J connectivity index is 3.36. The van der Waals surface area contributed by atoms with Crippen LogP contribution >= 0.6 is 0 Å². The maximum absolute atomic E-state index is 11.5. The second kappa shape index (κ2) is 17.6. The van der Waals surface area contributed by atoms with Crippen molar-refractivity contribution in [1.29, 1.82) is 0 Å². The van der Waals surface area contributed by atoms with Crippen molar-refractivity contribution in [2.45, 2.75) is 39.5 Å². The smallest absolute Gasteiger partial charge is 0.222 e. The molecule has 0 aliphatic rings. The minimum Gasteiger partial charge on any atom is -0.380 e. The van der Waals surface area contributed by atoms with Crippen molar-refractivity contribution in [3.63, 3.8) is 0 Å². The lowest BCUT2D eigenvalue weighted by molar-refractivity contribution is -0.124. The van der Waals surface area contributed by atoms with E-state index >= 15 is 0 Å². The Labute approximate surface area is 160 Å². The van der Waals surface area contributed by atoms with Crippen LogP contribution in [0.4, 0.5) is 0 Å². The number of nitrogens with one attached hydrogen (secondary N) is 2. The van der Waals surface area contributed by atoms with Gasteiger partial charge >= 0.3 is 0 Å². The van der Waals surface area contributed by atoms with Crippen LogP contribution in [0.1, 0.15) is 39.5 Å². The van der Waals surface area contributed by atoms with Crippen molar-refractivity contribution >= 4 is 23.4 Å². The molecule has 0 radical (unpaired) electrons. The Morgan fingerprint density at radius 1 is 0.556 bits per heavy atom. The van der Waals surface area contributed by atoms with Gasteiger partial charge in [0.15, 0.2) is 0 Å². The summed E-state index contributed by atoms with van der Waals surface area (Å²) in [4.78, 5) is 44.5. The Morgan fingerprint density at radius 2 is 0.889 bits per heavy atom. The third-order valence-electron chi connectivity index (χ3n) is 3.28. The van der Waals surface area contributed by atoms with Crippen LogP contribution < -0.4 is 10.6 Å². The number of hydrogen-bond acceptors (Lipinski definition) is 7. The fourth-order valence-electron chi connectivity index (χ4n) is 1.77. The molecule has 9 heteroatoms. The average Bonchev–Trinajstić information content (AvgIpc) is 2.60. The van der Waals surface area contributed by atoms with E-state index in [2.05, 4.69) is 10.6 Å². The first-order valence-electron chi connectivity index (χ1n) is 9.17. The molecule has 0 rings (SSSR count). The number of Topliss-reactive ketones (excluding diaryl/α,β-unsaturated/α-hetero) is 2. The van der Waals surface area contributed by atoms with E-state index in [0.717, 1.165) is 0 Å². The van der Waals surface area contributed by atoms with Crippen LogP contribution in [0.2, 0.25) is 0 Å². The Kier molecular flexibility index (Phi) is 16.4. The molecule has 0 saturated heterocycles. The molecule has 0 aromatic carbocycles. The molecule has 0 spiro atoms. The van der Waals surface area contributed by atoms with E-state index in [9.17, 15) is 19.2 Å². The number of carbonyl (C=O) groups is 4. The van der Waals surface area contributed by atoms with Crippen molar-refractivity contribution in [3.8, 4) is 0 Å². The molecule has 0 heterocycles. The minimum atomic E-state index is -0.155. The first kappa shape index (κ1) is 25.2. The molecule has 27 heavy (non-hydrogen) atoms. The fourth-order valence-corrected chi connectivity index (χ4v) is 1.77. The maximum Gasteiger partial charge on any atom is 0.222 e. The Hall–Kier alpha value is -1.84. The largest absolute Gasteiger partial charge is 0.380 e. The molecule has 0 atom stereocenters. The monoisotopic (exact) mass is 388 g/mol. The summed E-state index contributed by atoms with van der Waals surface area (Å²) < 4.78 is 15.6. The molecule has 0 aliphatic heterocycles. The molecule has 0 bridgehead atoms. The average molecular weight is 388 g/mol. The van der Waals surface area contributed by atoms with Crippen LogP contribution in [0.15, 0.2) is 0 Å². The summed E-state index contributed by atoms with van der Waals surface area (Å²) in [6.45, 7) is 5.68. The summed E-state index contributed by atoms with van der Waals surface area (Å²) in [5, 5.41) is 5.36. The topological polar surface area (TPSA) is 120 Å². The summed E-state index contributed by atoms with van der Waals surface area (Å²) in [5.74, 6) is -0.166. The SMILES string of the molecule is CC(=O)CCOCCNC(=O)CCOCCC(=O)NCCOCCC(C)=O.